The van der Waals surface area contributed by atoms with Crippen LogP contribution in [-0.2, 0) is 21.3 Å². The van der Waals surface area contributed by atoms with E-state index < -0.39 is 9.84 Å². The molecule has 5 heteroatoms. The van der Waals surface area contributed by atoms with Crippen LogP contribution in [0.4, 0.5) is 0 Å². The van der Waals surface area contributed by atoms with Crippen LogP contribution in [0, 0.1) is 13.8 Å². The topological polar surface area (TPSA) is 60.2 Å². The first-order valence-electron chi connectivity index (χ1n) is 7.71. The Labute approximate surface area is 142 Å². The molecule has 0 aliphatic carbocycles. The first-order chi connectivity index (χ1) is 11.4. The second-order valence-corrected chi connectivity index (χ2v) is 7.97. The fourth-order valence-corrected chi connectivity index (χ4v) is 4.06. The van der Waals surface area contributed by atoms with Gasteiger partial charge in [-0.05, 0) is 31.5 Å². The maximum Gasteiger partial charge on any atom is 0.226 e. The lowest BCUT2D eigenvalue weighted by atomic mass is 10.2. The predicted molar refractivity (Wildman–Crippen MR) is 94.2 cm³/mol. The van der Waals surface area contributed by atoms with Crippen molar-refractivity contribution in [3.8, 4) is 11.5 Å². The Morgan fingerprint density at radius 1 is 0.958 bits per heavy atom. The standard InChI is InChI=1S/C19H19NO3S/c1-14-7-6-8-16(11-14)12-24(21,22)13-18-15(2)23-19(20-18)17-9-4-3-5-10-17/h3-11H,12-13H2,1-2H3. The molecule has 1 aromatic heterocycles. The van der Waals surface area contributed by atoms with Gasteiger partial charge in [-0.3, -0.25) is 0 Å². The van der Waals surface area contributed by atoms with Crippen LogP contribution in [0.15, 0.2) is 59.0 Å². The normalized spacial score (nSPS) is 11.6. The monoisotopic (exact) mass is 341 g/mol. The van der Waals surface area contributed by atoms with Gasteiger partial charge in [-0.25, -0.2) is 13.4 Å². The van der Waals surface area contributed by atoms with E-state index in [4.69, 9.17) is 4.42 Å². The van der Waals surface area contributed by atoms with E-state index in [9.17, 15) is 8.42 Å². The lowest BCUT2D eigenvalue weighted by molar-refractivity contribution is 0.539. The minimum atomic E-state index is -3.32. The summed E-state index contributed by atoms with van der Waals surface area (Å²) in [6.45, 7) is 3.70. The van der Waals surface area contributed by atoms with Crippen LogP contribution in [0.1, 0.15) is 22.6 Å². The smallest absolute Gasteiger partial charge is 0.226 e. The molecule has 3 aromatic rings. The lowest BCUT2D eigenvalue weighted by Crippen LogP contribution is -2.09. The quantitative estimate of drug-likeness (QED) is 0.702. The van der Waals surface area contributed by atoms with Crippen LogP contribution in [-0.4, -0.2) is 13.4 Å². The summed E-state index contributed by atoms with van der Waals surface area (Å²) in [5, 5.41) is 0. The molecular formula is C19H19NO3S. The molecule has 1 heterocycles. The molecule has 24 heavy (non-hydrogen) atoms. The molecule has 0 aliphatic heterocycles. The molecule has 0 radical (unpaired) electrons. The van der Waals surface area contributed by atoms with Crippen LogP contribution in [0.25, 0.3) is 11.5 Å². The van der Waals surface area contributed by atoms with Gasteiger partial charge in [-0.1, -0.05) is 48.0 Å². The van der Waals surface area contributed by atoms with Crippen LogP contribution in [0.2, 0.25) is 0 Å². The maximum absolute atomic E-state index is 12.5. The number of hydrogen-bond donors (Lipinski definition) is 0. The Morgan fingerprint density at radius 2 is 1.71 bits per heavy atom. The van der Waals surface area contributed by atoms with Gasteiger partial charge in [0.1, 0.15) is 5.76 Å². The molecule has 0 atom stereocenters. The molecule has 0 unspecified atom stereocenters. The molecule has 4 nitrogen and oxygen atoms in total. The van der Waals surface area contributed by atoms with Crippen LogP contribution < -0.4 is 0 Å². The van der Waals surface area contributed by atoms with Crippen molar-refractivity contribution in [1.29, 1.82) is 0 Å². The first-order valence-corrected chi connectivity index (χ1v) is 9.53. The largest absolute Gasteiger partial charge is 0.441 e. The fourth-order valence-electron chi connectivity index (χ4n) is 2.58. The lowest BCUT2D eigenvalue weighted by Gasteiger charge is -2.04. The van der Waals surface area contributed by atoms with E-state index in [2.05, 4.69) is 4.98 Å². The number of oxazole rings is 1. The molecule has 124 valence electrons. The summed E-state index contributed by atoms with van der Waals surface area (Å²) < 4.78 is 30.6. The second kappa shape index (κ2) is 6.61. The first kappa shape index (κ1) is 16.5. The molecule has 0 amide bonds. The third-order valence-electron chi connectivity index (χ3n) is 3.74. The summed E-state index contributed by atoms with van der Waals surface area (Å²) in [5.74, 6) is 0.876. The summed E-state index contributed by atoms with van der Waals surface area (Å²) in [6.07, 6.45) is 0. The summed E-state index contributed by atoms with van der Waals surface area (Å²) in [5.41, 5.74) is 3.15. The number of benzene rings is 2. The zero-order valence-electron chi connectivity index (χ0n) is 13.7. The van der Waals surface area contributed by atoms with E-state index in [1.165, 1.54) is 0 Å². The SMILES string of the molecule is Cc1cccc(CS(=O)(=O)Cc2nc(-c3ccccc3)oc2C)c1. The summed E-state index contributed by atoms with van der Waals surface area (Å²) in [4.78, 5) is 4.38. The van der Waals surface area contributed by atoms with Gasteiger partial charge in [-0.2, -0.15) is 0 Å². The van der Waals surface area contributed by atoms with Crippen molar-refractivity contribution in [2.45, 2.75) is 25.4 Å². The molecule has 0 N–H and O–H groups in total. The highest BCUT2D eigenvalue weighted by atomic mass is 32.2. The van der Waals surface area contributed by atoms with E-state index in [1.807, 2.05) is 61.5 Å². The average Bonchev–Trinajstić information content (AvgIpc) is 2.88. The van der Waals surface area contributed by atoms with Gasteiger partial charge < -0.3 is 4.42 Å². The number of aromatic nitrogens is 1. The van der Waals surface area contributed by atoms with E-state index in [1.54, 1.807) is 6.92 Å². The van der Waals surface area contributed by atoms with E-state index in [0.717, 1.165) is 16.7 Å². The molecular weight excluding hydrogens is 322 g/mol. The number of sulfone groups is 1. The minimum absolute atomic E-state index is 0.00164. The molecule has 0 bridgehead atoms. The van der Waals surface area contributed by atoms with E-state index in [-0.39, 0.29) is 11.5 Å². The van der Waals surface area contributed by atoms with Crippen molar-refractivity contribution in [1.82, 2.24) is 4.98 Å². The fraction of sp³-hybridized carbons (Fsp3) is 0.211. The van der Waals surface area contributed by atoms with E-state index in [0.29, 0.717) is 17.3 Å². The van der Waals surface area contributed by atoms with Crippen molar-refractivity contribution < 1.29 is 12.8 Å². The molecule has 2 aromatic carbocycles. The summed E-state index contributed by atoms with van der Waals surface area (Å²) in [7, 11) is -3.32. The van der Waals surface area contributed by atoms with Crippen LogP contribution in [0.5, 0.6) is 0 Å². The number of aryl methyl sites for hydroxylation is 2. The Bertz CT molecular complexity index is 944. The summed E-state index contributed by atoms with van der Waals surface area (Å²) in [6, 6.07) is 17.0. The van der Waals surface area contributed by atoms with Crippen molar-refractivity contribution in [3.63, 3.8) is 0 Å². The molecule has 0 saturated heterocycles. The van der Waals surface area contributed by atoms with Gasteiger partial charge in [0.05, 0.1) is 17.2 Å². The van der Waals surface area contributed by atoms with Crippen molar-refractivity contribution in [2.75, 3.05) is 0 Å². The Hall–Kier alpha value is -2.40. The average molecular weight is 341 g/mol. The highest BCUT2D eigenvalue weighted by Gasteiger charge is 2.19. The van der Waals surface area contributed by atoms with Gasteiger partial charge in [0.2, 0.25) is 5.89 Å². The van der Waals surface area contributed by atoms with Gasteiger partial charge in [0.25, 0.3) is 0 Å². The van der Waals surface area contributed by atoms with Crippen LogP contribution in [0.3, 0.4) is 0 Å². The Kier molecular flexibility index (Phi) is 4.53. The number of rotatable bonds is 5. The molecule has 0 aliphatic rings. The zero-order valence-corrected chi connectivity index (χ0v) is 14.5. The molecule has 0 fully saturated rings. The minimum Gasteiger partial charge on any atom is -0.441 e. The third kappa shape index (κ3) is 3.92. The van der Waals surface area contributed by atoms with Gasteiger partial charge in [0.15, 0.2) is 9.84 Å². The molecule has 0 saturated carbocycles. The number of hydrogen-bond acceptors (Lipinski definition) is 4. The highest BCUT2D eigenvalue weighted by molar-refractivity contribution is 7.89. The third-order valence-corrected chi connectivity index (χ3v) is 5.23. The molecule has 3 rings (SSSR count). The van der Waals surface area contributed by atoms with Gasteiger partial charge in [-0.15, -0.1) is 0 Å². The van der Waals surface area contributed by atoms with Crippen molar-refractivity contribution >= 4 is 9.84 Å². The number of nitrogens with zero attached hydrogens (tertiary/aromatic N) is 1. The zero-order chi connectivity index (χ0) is 17.2. The van der Waals surface area contributed by atoms with Crippen molar-refractivity contribution in [2.24, 2.45) is 0 Å². The second-order valence-electron chi connectivity index (χ2n) is 5.91. The maximum atomic E-state index is 12.5. The molecule has 0 spiro atoms. The Balaban J connectivity index is 1.81. The predicted octanol–water partition coefficient (Wildman–Crippen LogP) is 4.07. The van der Waals surface area contributed by atoms with E-state index >= 15 is 0 Å². The van der Waals surface area contributed by atoms with Crippen molar-refractivity contribution in [3.05, 3.63) is 77.2 Å². The van der Waals surface area contributed by atoms with Gasteiger partial charge in [0, 0.05) is 5.56 Å². The highest BCUT2D eigenvalue weighted by Crippen LogP contribution is 2.23. The van der Waals surface area contributed by atoms with Gasteiger partial charge >= 0.3 is 0 Å². The summed E-state index contributed by atoms with van der Waals surface area (Å²) >= 11 is 0. The van der Waals surface area contributed by atoms with Crippen LogP contribution >= 0.6 is 0 Å². The Morgan fingerprint density at radius 3 is 2.42 bits per heavy atom.